The molecule has 1 saturated heterocycles. The van der Waals surface area contributed by atoms with Crippen LogP contribution in [0.2, 0.25) is 0 Å². The Morgan fingerprint density at radius 3 is 1.55 bits per heavy atom. The summed E-state index contributed by atoms with van der Waals surface area (Å²) >= 11 is 0. The van der Waals surface area contributed by atoms with Crippen molar-refractivity contribution in [2.75, 3.05) is 0 Å². The summed E-state index contributed by atoms with van der Waals surface area (Å²) < 4.78 is 5.12. The third-order valence-corrected chi connectivity index (χ3v) is 2.09. The Hall–Kier alpha value is -0.160. The Labute approximate surface area is 65.4 Å². The Balaban J connectivity index is 2.63. The third kappa shape index (κ3) is 1.54. The fraction of sp³-hybridized carbons (Fsp3) is 1.00. The van der Waals surface area contributed by atoms with Crippen molar-refractivity contribution in [3.63, 3.8) is 0 Å². The molecule has 0 aliphatic carbocycles. The lowest BCUT2D eigenvalue weighted by Crippen LogP contribution is -2.55. The molecule has 0 radical (unpaired) electrons. The summed E-state index contributed by atoms with van der Waals surface area (Å²) in [4.78, 5) is 0. The Morgan fingerprint density at radius 1 is 0.818 bits per heavy atom. The van der Waals surface area contributed by atoms with E-state index in [1.807, 2.05) is 0 Å². The molecule has 1 fully saturated rings. The van der Waals surface area contributed by atoms with Crippen molar-refractivity contribution in [2.45, 2.75) is 44.4 Å². The van der Waals surface area contributed by atoms with Gasteiger partial charge in [-0.3, -0.25) is 0 Å². The van der Waals surface area contributed by atoms with Crippen LogP contribution < -0.4 is 0 Å². The first-order valence-electron chi connectivity index (χ1n) is 3.73. The molecule has 66 valence electrons. The molecule has 1 rings (SSSR count). The van der Waals surface area contributed by atoms with Crippen LogP contribution in [0.5, 0.6) is 0 Å². The lowest BCUT2D eigenvalue weighted by atomic mass is 9.97. The molecule has 0 saturated carbocycles. The molecule has 0 spiro atoms. The van der Waals surface area contributed by atoms with Gasteiger partial charge in [0, 0.05) is 0 Å². The molecule has 1 heterocycles. The van der Waals surface area contributed by atoms with Crippen LogP contribution in [-0.2, 0) is 4.74 Å². The van der Waals surface area contributed by atoms with E-state index in [1.165, 1.54) is 0 Å². The fourth-order valence-electron chi connectivity index (χ4n) is 1.26. The monoisotopic (exact) mass is 162 g/mol. The highest BCUT2D eigenvalue weighted by atomic mass is 16.5. The summed E-state index contributed by atoms with van der Waals surface area (Å²) in [5.41, 5.74) is 0. The van der Waals surface area contributed by atoms with Crippen molar-refractivity contribution in [3.8, 4) is 0 Å². The maximum atomic E-state index is 9.21. The second-order valence-corrected chi connectivity index (χ2v) is 3.02. The number of ether oxygens (including phenoxy) is 1. The van der Waals surface area contributed by atoms with Crippen molar-refractivity contribution in [1.82, 2.24) is 0 Å². The molecule has 0 aromatic heterocycles. The van der Waals surface area contributed by atoms with Gasteiger partial charge in [0.25, 0.3) is 0 Å². The zero-order chi connectivity index (χ0) is 8.59. The minimum Gasteiger partial charge on any atom is -0.388 e. The zero-order valence-corrected chi connectivity index (χ0v) is 6.64. The summed E-state index contributed by atoms with van der Waals surface area (Å²) in [6.45, 7) is 3.33. The SMILES string of the molecule is CC1OC(C)[C@H](O)C(O)[C@@H]1O. The van der Waals surface area contributed by atoms with Crippen LogP contribution in [-0.4, -0.2) is 45.8 Å². The molecule has 1 aliphatic heterocycles. The van der Waals surface area contributed by atoms with Crippen LogP contribution in [0.15, 0.2) is 0 Å². The van der Waals surface area contributed by atoms with E-state index in [2.05, 4.69) is 0 Å². The first kappa shape index (κ1) is 8.93. The van der Waals surface area contributed by atoms with E-state index in [9.17, 15) is 15.3 Å². The van der Waals surface area contributed by atoms with Gasteiger partial charge in [0.1, 0.15) is 18.3 Å². The van der Waals surface area contributed by atoms with E-state index in [0.29, 0.717) is 0 Å². The zero-order valence-electron chi connectivity index (χ0n) is 6.64. The number of rotatable bonds is 0. The van der Waals surface area contributed by atoms with Crippen molar-refractivity contribution < 1.29 is 20.1 Å². The Morgan fingerprint density at radius 2 is 1.18 bits per heavy atom. The van der Waals surface area contributed by atoms with E-state index in [0.717, 1.165) is 0 Å². The summed E-state index contributed by atoms with van der Waals surface area (Å²) in [7, 11) is 0. The molecule has 0 amide bonds. The molecular formula is C7H14O4. The second-order valence-electron chi connectivity index (χ2n) is 3.02. The molecular weight excluding hydrogens is 148 g/mol. The van der Waals surface area contributed by atoms with Crippen LogP contribution >= 0.6 is 0 Å². The van der Waals surface area contributed by atoms with Crippen molar-refractivity contribution in [1.29, 1.82) is 0 Å². The summed E-state index contributed by atoms with van der Waals surface area (Å²) in [5.74, 6) is 0. The molecule has 11 heavy (non-hydrogen) atoms. The van der Waals surface area contributed by atoms with E-state index in [1.54, 1.807) is 13.8 Å². The topological polar surface area (TPSA) is 69.9 Å². The number of hydrogen-bond donors (Lipinski definition) is 3. The normalized spacial score (nSPS) is 52.6. The van der Waals surface area contributed by atoms with Gasteiger partial charge in [-0.2, -0.15) is 0 Å². The van der Waals surface area contributed by atoms with Gasteiger partial charge in [0.15, 0.2) is 0 Å². The standard InChI is InChI=1S/C7H14O4/c1-3-5(8)7(10)6(9)4(2)11-3/h3-10H,1-2H3/t3?,4?,5-,6+,7?. The fourth-order valence-corrected chi connectivity index (χ4v) is 1.26. The highest BCUT2D eigenvalue weighted by molar-refractivity contribution is 4.88. The minimum atomic E-state index is -1.09. The van der Waals surface area contributed by atoms with Crippen molar-refractivity contribution >= 4 is 0 Å². The maximum Gasteiger partial charge on any atom is 0.111 e. The molecule has 0 aromatic rings. The summed E-state index contributed by atoms with van der Waals surface area (Å²) in [5, 5.41) is 27.6. The lowest BCUT2D eigenvalue weighted by molar-refractivity contribution is -0.211. The van der Waals surface area contributed by atoms with Gasteiger partial charge in [0.2, 0.25) is 0 Å². The molecule has 0 bridgehead atoms. The van der Waals surface area contributed by atoms with Crippen LogP contribution in [0.3, 0.4) is 0 Å². The molecule has 4 heteroatoms. The summed E-state index contributed by atoms with van der Waals surface area (Å²) in [6, 6.07) is 0. The van der Waals surface area contributed by atoms with E-state index >= 15 is 0 Å². The van der Waals surface area contributed by atoms with E-state index in [-0.39, 0.29) is 0 Å². The Kier molecular flexibility index (Phi) is 2.49. The van der Waals surface area contributed by atoms with E-state index in [4.69, 9.17) is 4.74 Å². The summed E-state index contributed by atoms with van der Waals surface area (Å²) in [6.07, 6.45) is -3.89. The average molecular weight is 162 g/mol. The minimum absolute atomic E-state index is 0.414. The quantitative estimate of drug-likeness (QED) is 0.422. The van der Waals surface area contributed by atoms with Crippen LogP contribution in [0, 0.1) is 0 Å². The predicted octanol–water partition coefficient (Wildman–Crippen LogP) is -1.12. The van der Waals surface area contributed by atoms with E-state index < -0.39 is 30.5 Å². The average Bonchev–Trinajstić information content (AvgIpc) is 1.97. The van der Waals surface area contributed by atoms with Gasteiger partial charge in [-0.15, -0.1) is 0 Å². The Bertz CT molecular complexity index is 124. The first-order chi connectivity index (χ1) is 5.04. The number of aliphatic hydroxyl groups excluding tert-OH is 3. The lowest BCUT2D eigenvalue weighted by Gasteiger charge is -2.37. The van der Waals surface area contributed by atoms with Crippen LogP contribution in [0.25, 0.3) is 0 Å². The maximum absolute atomic E-state index is 9.21. The third-order valence-electron chi connectivity index (χ3n) is 2.09. The van der Waals surface area contributed by atoms with Crippen molar-refractivity contribution in [3.05, 3.63) is 0 Å². The molecule has 0 aromatic carbocycles. The molecule has 3 unspecified atom stereocenters. The smallest absolute Gasteiger partial charge is 0.111 e. The van der Waals surface area contributed by atoms with Crippen LogP contribution in [0.1, 0.15) is 13.8 Å². The number of hydrogen-bond acceptors (Lipinski definition) is 4. The van der Waals surface area contributed by atoms with Gasteiger partial charge >= 0.3 is 0 Å². The second kappa shape index (κ2) is 3.06. The molecule has 4 nitrogen and oxygen atoms in total. The van der Waals surface area contributed by atoms with Crippen molar-refractivity contribution in [2.24, 2.45) is 0 Å². The van der Waals surface area contributed by atoms with Gasteiger partial charge in [-0.05, 0) is 13.8 Å². The number of aliphatic hydroxyl groups is 3. The predicted molar refractivity (Wildman–Crippen MR) is 38.0 cm³/mol. The van der Waals surface area contributed by atoms with Gasteiger partial charge in [-0.1, -0.05) is 0 Å². The molecule has 3 N–H and O–H groups in total. The van der Waals surface area contributed by atoms with Crippen LogP contribution in [0.4, 0.5) is 0 Å². The van der Waals surface area contributed by atoms with Gasteiger partial charge in [0.05, 0.1) is 12.2 Å². The highest BCUT2D eigenvalue weighted by Crippen LogP contribution is 2.19. The highest BCUT2D eigenvalue weighted by Gasteiger charge is 2.39. The van der Waals surface area contributed by atoms with Gasteiger partial charge in [-0.25, -0.2) is 0 Å². The molecule has 1 aliphatic rings. The molecule has 5 atom stereocenters. The first-order valence-corrected chi connectivity index (χ1v) is 3.73. The largest absolute Gasteiger partial charge is 0.388 e. The van der Waals surface area contributed by atoms with Gasteiger partial charge < -0.3 is 20.1 Å².